The van der Waals surface area contributed by atoms with Crippen LogP contribution in [0.2, 0.25) is 0 Å². The second-order valence-corrected chi connectivity index (χ2v) is 6.41. The van der Waals surface area contributed by atoms with Crippen molar-refractivity contribution in [3.8, 4) is 0 Å². The van der Waals surface area contributed by atoms with E-state index in [-0.39, 0.29) is 29.2 Å². The van der Waals surface area contributed by atoms with Gasteiger partial charge in [0.25, 0.3) is 5.91 Å². The Labute approximate surface area is 150 Å². The van der Waals surface area contributed by atoms with E-state index in [2.05, 4.69) is 9.97 Å². The van der Waals surface area contributed by atoms with Crippen molar-refractivity contribution in [1.82, 2.24) is 14.9 Å². The largest absolute Gasteiger partial charge is 0.476 e. The highest BCUT2D eigenvalue weighted by atomic mass is 19.1. The lowest BCUT2D eigenvalue weighted by Crippen LogP contribution is -2.40. The molecule has 0 spiro atoms. The molecule has 6 nitrogen and oxygen atoms in total. The van der Waals surface area contributed by atoms with Gasteiger partial charge in [0.1, 0.15) is 11.5 Å². The van der Waals surface area contributed by atoms with Crippen molar-refractivity contribution in [1.29, 1.82) is 0 Å². The molecule has 1 aromatic heterocycles. The van der Waals surface area contributed by atoms with Gasteiger partial charge in [0.05, 0.1) is 12.4 Å². The number of aromatic carboxylic acids is 1. The first-order chi connectivity index (χ1) is 12.5. The summed E-state index contributed by atoms with van der Waals surface area (Å²) in [7, 11) is 0. The van der Waals surface area contributed by atoms with E-state index in [1.807, 2.05) is 6.07 Å². The Morgan fingerprint density at radius 1 is 1.15 bits per heavy atom. The Morgan fingerprint density at radius 3 is 2.46 bits per heavy atom. The number of aromatic nitrogens is 2. The van der Waals surface area contributed by atoms with Crippen LogP contribution in [0.5, 0.6) is 0 Å². The van der Waals surface area contributed by atoms with Crippen LogP contribution < -0.4 is 0 Å². The summed E-state index contributed by atoms with van der Waals surface area (Å²) in [5.41, 5.74) is 0.753. The van der Waals surface area contributed by atoms with Crippen LogP contribution in [0.1, 0.15) is 52.2 Å². The number of hydrogen-bond acceptors (Lipinski definition) is 4. The number of carbonyl (C=O) groups is 2. The first-order valence-corrected chi connectivity index (χ1v) is 8.65. The second-order valence-electron chi connectivity index (χ2n) is 6.41. The summed E-state index contributed by atoms with van der Waals surface area (Å²) in [4.78, 5) is 33.3. The van der Waals surface area contributed by atoms with Gasteiger partial charge in [-0.3, -0.25) is 4.79 Å². The van der Waals surface area contributed by atoms with Crippen molar-refractivity contribution in [3.63, 3.8) is 0 Å². The van der Waals surface area contributed by atoms with Crippen molar-refractivity contribution < 1.29 is 19.1 Å². The average Bonchev–Trinajstić information content (AvgIpc) is 3.16. The second kappa shape index (κ2) is 8.03. The monoisotopic (exact) mass is 357 g/mol. The van der Waals surface area contributed by atoms with Crippen molar-refractivity contribution in [2.45, 2.75) is 38.1 Å². The van der Waals surface area contributed by atoms with Gasteiger partial charge in [0.15, 0.2) is 5.69 Å². The fourth-order valence-corrected chi connectivity index (χ4v) is 3.30. The van der Waals surface area contributed by atoms with Gasteiger partial charge in [-0.25, -0.2) is 19.2 Å². The maximum Gasteiger partial charge on any atom is 0.356 e. The third-order valence-corrected chi connectivity index (χ3v) is 4.65. The number of rotatable bonds is 6. The van der Waals surface area contributed by atoms with Crippen LogP contribution in [-0.2, 0) is 6.42 Å². The summed E-state index contributed by atoms with van der Waals surface area (Å²) in [6.07, 6.45) is 6.83. The molecule has 1 saturated carbocycles. The minimum atomic E-state index is -1.18. The highest BCUT2D eigenvalue weighted by Crippen LogP contribution is 2.25. The van der Waals surface area contributed by atoms with E-state index >= 15 is 0 Å². The molecule has 0 aliphatic heterocycles. The molecule has 26 heavy (non-hydrogen) atoms. The van der Waals surface area contributed by atoms with Gasteiger partial charge in [0.2, 0.25) is 0 Å². The van der Waals surface area contributed by atoms with Gasteiger partial charge in [-0.2, -0.15) is 0 Å². The Balaban J connectivity index is 1.76. The van der Waals surface area contributed by atoms with E-state index in [1.165, 1.54) is 18.3 Å². The van der Waals surface area contributed by atoms with Gasteiger partial charge in [-0.1, -0.05) is 25.0 Å². The zero-order valence-electron chi connectivity index (χ0n) is 14.3. The highest BCUT2D eigenvalue weighted by molar-refractivity contribution is 5.93. The molecule has 2 aromatic rings. The first kappa shape index (κ1) is 18.0. The molecule has 1 N–H and O–H groups in total. The summed E-state index contributed by atoms with van der Waals surface area (Å²) in [6, 6.07) is 6.48. The third-order valence-electron chi connectivity index (χ3n) is 4.65. The van der Waals surface area contributed by atoms with Crippen molar-refractivity contribution in [2.75, 3.05) is 6.54 Å². The molecule has 1 aliphatic carbocycles. The summed E-state index contributed by atoms with van der Waals surface area (Å²) in [6.45, 7) is 0.454. The van der Waals surface area contributed by atoms with Crippen molar-refractivity contribution in [2.24, 2.45) is 0 Å². The predicted molar refractivity (Wildman–Crippen MR) is 92.4 cm³/mol. The fourth-order valence-electron chi connectivity index (χ4n) is 3.30. The summed E-state index contributed by atoms with van der Waals surface area (Å²) >= 11 is 0. The summed E-state index contributed by atoms with van der Waals surface area (Å²) in [5, 5.41) is 8.90. The van der Waals surface area contributed by atoms with E-state index < -0.39 is 5.97 Å². The lowest BCUT2D eigenvalue weighted by molar-refractivity contribution is 0.0665. The average molecular weight is 357 g/mol. The minimum Gasteiger partial charge on any atom is -0.476 e. The van der Waals surface area contributed by atoms with E-state index in [0.717, 1.165) is 37.4 Å². The number of carbonyl (C=O) groups excluding carboxylic acids is 1. The van der Waals surface area contributed by atoms with Crippen LogP contribution in [0, 0.1) is 5.82 Å². The highest BCUT2D eigenvalue weighted by Gasteiger charge is 2.28. The maximum absolute atomic E-state index is 13.4. The number of halogens is 1. The van der Waals surface area contributed by atoms with Gasteiger partial charge in [-0.15, -0.1) is 0 Å². The van der Waals surface area contributed by atoms with Crippen LogP contribution >= 0.6 is 0 Å². The number of benzene rings is 1. The molecule has 1 aromatic carbocycles. The minimum absolute atomic E-state index is 0.122. The topological polar surface area (TPSA) is 83.4 Å². The molecule has 3 rings (SSSR count). The zero-order valence-corrected chi connectivity index (χ0v) is 14.3. The summed E-state index contributed by atoms with van der Waals surface area (Å²) in [5.74, 6) is -1.75. The number of carboxylic acid groups (broad SMARTS) is 1. The van der Waals surface area contributed by atoms with E-state index in [4.69, 9.17) is 5.11 Å². The zero-order chi connectivity index (χ0) is 18.5. The lowest BCUT2D eigenvalue weighted by atomic mass is 10.1. The maximum atomic E-state index is 13.4. The number of amides is 1. The van der Waals surface area contributed by atoms with E-state index in [9.17, 15) is 14.0 Å². The van der Waals surface area contributed by atoms with Gasteiger partial charge in [-0.05, 0) is 37.0 Å². The normalized spacial score (nSPS) is 14.3. The molecule has 1 aliphatic rings. The van der Waals surface area contributed by atoms with Gasteiger partial charge < -0.3 is 10.0 Å². The molecule has 1 fully saturated rings. The molecular weight excluding hydrogens is 337 g/mol. The molecule has 0 atom stereocenters. The van der Waals surface area contributed by atoms with Crippen LogP contribution in [-0.4, -0.2) is 44.4 Å². The standard InChI is InChI=1S/C19H20FN3O3/c20-14-5-3-4-13(10-14)8-9-23(15-6-1-2-7-15)18(24)16-11-22-17(12-21-16)19(25)26/h3-5,10-12,15H,1-2,6-9H2,(H,25,26). The Morgan fingerprint density at radius 2 is 1.85 bits per heavy atom. The number of nitrogens with zero attached hydrogens (tertiary/aromatic N) is 3. The van der Waals surface area contributed by atoms with Crippen LogP contribution in [0.25, 0.3) is 0 Å². The SMILES string of the molecule is O=C(O)c1cnc(C(=O)N(CCc2cccc(F)c2)C2CCCC2)cn1. The number of carboxylic acids is 1. The van der Waals surface area contributed by atoms with Crippen LogP contribution in [0.3, 0.4) is 0 Å². The van der Waals surface area contributed by atoms with Crippen molar-refractivity contribution >= 4 is 11.9 Å². The van der Waals surface area contributed by atoms with Crippen LogP contribution in [0.15, 0.2) is 36.7 Å². The molecule has 0 unspecified atom stereocenters. The van der Waals surface area contributed by atoms with E-state index in [0.29, 0.717) is 13.0 Å². The molecule has 1 heterocycles. The Kier molecular flexibility index (Phi) is 5.55. The molecular formula is C19H20FN3O3. The van der Waals surface area contributed by atoms with Gasteiger partial charge >= 0.3 is 5.97 Å². The van der Waals surface area contributed by atoms with E-state index in [1.54, 1.807) is 11.0 Å². The first-order valence-electron chi connectivity index (χ1n) is 8.65. The summed E-state index contributed by atoms with van der Waals surface area (Å²) < 4.78 is 13.4. The van der Waals surface area contributed by atoms with Crippen LogP contribution in [0.4, 0.5) is 4.39 Å². The van der Waals surface area contributed by atoms with Crippen molar-refractivity contribution in [3.05, 3.63) is 59.4 Å². The number of hydrogen-bond donors (Lipinski definition) is 1. The molecule has 1 amide bonds. The molecule has 7 heteroatoms. The quantitative estimate of drug-likeness (QED) is 0.859. The fraction of sp³-hybridized carbons (Fsp3) is 0.368. The van der Waals surface area contributed by atoms with Gasteiger partial charge in [0, 0.05) is 12.6 Å². The lowest BCUT2D eigenvalue weighted by Gasteiger charge is -2.28. The molecule has 0 bridgehead atoms. The molecule has 136 valence electrons. The predicted octanol–water partition coefficient (Wildman–Crippen LogP) is 2.94. The third kappa shape index (κ3) is 4.22. The Hall–Kier alpha value is -2.83. The molecule has 0 radical (unpaired) electrons. The smallest absolute Gasteiger partial charge is 0.356 e. The molecule has 0 saturated heterocycles. The Bertz CT molecular complexity index is 789.